The van der Waals surface area contributed by atoms with Gasteiger partial charge >= 0.3 is 17.8 Å². The molecule has 27 heavy (non-hydrogen) atoms. The molecule has 2 heterocycles. The van der Waals surface area contributed by atoms with E-state index in [1.165, 1.54) is 14.0 Å². The molecule has 0 spiro atoms. The van der Waals surface area contributed by atoms with Gasteiger partial charge in [-0.2, -0.15) is 13.2 Å². The normalized spacial score (nSPS) is 13.1. The molecule has 150 valence electrons. The molecule has 0 aromatic carbocycles. The second-order valence-corrected chi connectivity index (χ2v) is 6.78. The quantitative estimate of drug-likeness (QED) is 0.686. The van der Waals surface area contributed by atoms with Crippen LogP contribution >= 0.6 is 11.3 Å². The molecular weight excluding hydrogens is 389 g/mol. The Morgan fingerprint density at radius 3 is 2.44 bits per heavy atom. The molecule has 11 heteroatoms. The second-order valence-electron chi connectivity index (χ2n) is 5.78. The number of methoxy groups -OCH3 is 1. The van der Waals surface area contributed by atoms with Crippen LogP contribution in [-0.4, -0.2) is 41.6 Å². The summed E-state index contributed by atoms with van der Waals surface area (Å²) in [7, 11) is 1.38. The standard InChI is InChI=1S/C16H19F3N2O5S/c1-5-26-14(23)11-8(2)10-12(22)21(9(3)16(17,18)19)15(24)20(6-7-25-4)13(10)27-11/h9H,5-7H2,1-4H3/t9-/m1/s1. The van der Waals surface area contributed by atoms with Crippen molar-refractivity contribution in [3.63, 3.8) is 0 Å². The molecule has 0 saturated carbocycles. The minimum Gasteiger partial charge on any atom is -0.462 e. The van der Waals surface area contributed by atoms with Crippen molar-refractivity contribution in [3.05, 3.63) is 31.3 Å². The van der Waals surface area contributed by atoms with Gasteiger partial charge in [-0.3, -0.25) is 9.36 Å². The fraction of sp³-hybridized carbons (Fsp3) is 0.562. The van der Waals surface area contributed by atoms with E-state index in [1.807, 2.05) is 0 Å². The SMILES string of the molecule is CCOC(=O)c1sc2c(c1C)c(=O)n([C@H](C)C(F)(F)F)c(=O)n2CCOC. The zero-order valence-corrected chi connectivity index (χ0v) is 16.0. The van der Waals surface area contributed by atoms with E-state index in [-0.39, 0.29) is 45.0 Å². The van der Waals surface area contributed by atoms with Crippen LogP contribution in [0.3, 0.4) is 0 Å². The summed E-state index contributed by atoms with van der Waals surface area (Å²) < 4.78 is 50.7. The number of carbonyl (C=O) groups excluding carboxylic acids is 1. The molecule has 0 radical (unpaired) electrons. The number of carbonyl (C=O) groups is 1. The zero-order valence-electron chi connectivity index (χ0n) is 15.2. The van der Waals surface area contributed by atoms with Crippen molar-refractivity contribution in [1.82, 2.24) is 9.13 Å². The fourth-order valence-electron chi connectivity index (χ4n) is 2.62. The molecule has 0 N–H and O–H groups in total. The molecular formula is C16H19F3N2O5S. The molecule has 2 rings (SSSR count). The number of aromatic nitrogens is 2. The maximum atomic E-state index is 13.2. The Hall–Kier alpha value is -2.14. The van der Waals surface area contributed by atoms with Crippen LogP contribution in [0.5, 0.6) is 0 Å². The minimum absolute atomic E-state index is 0.0410. The summed E-state index contributed by atoms with van der Waals surface area (Å²) in [5, 5.41) is -0.102. The van der Waals surface area contributed by atoms with Gasteiger partial charge in [0.05, 0.1) is 25.1 Å². The number of ether oxygens (including phenoxy) is 2. The van der Waals surface area contributed by atoms with Gasteiger partial charge in [-0.15, -0.1) is 11.3 Å². The first-order valence-electron chi connectivity index (χ1n) is 8.07. The van der Waals surface area contributed by atoms with Crippen molar-refractivity contribution < 1.29 is 27.4 Å². The smallest absolute Gasteiger partial charge is 0.409 e. The summed E-state index contributed by atoms with van der Waals surface area (Å²) in [6, 6.07) is -2.32. The Morgan fingerprint density at radius 1 is 1.30 bits per heavy atom. The van der Waals surface area contributed by atoms with E-state index in [4.69, 9.17) is 9.47 Å². The Balaban J connectivity index is 2.91. The van der Waals surface area contributed by atoms with Crippen molar-refractivity contribution in [2.45, 2.75) is 39.5 Å². The van der Waals surface area contributed by atoms with E-state index < -0.39 is 29.4 Å². The predicted molar refractivity (Wildman–Crippen MR) is 93.7 cm³/mol. The fourth-order valence-corrected chi connectivity index (χ4v) is 3.84. The van der Waals surface area contributed by atoms with Gasteiger partial charge in [0.1, 0.15) is 15.7 Å². The highest BCUT2D eigenvalue weighted by Gasteiger charge is 2.40. The summed E-state index contributed by atoms with van der Waals surface area (Å²) in [6.07, 6.45) is -4.79. The number of aryl methyl sites for hydroxylation is 1. The van der Waals surface area contributed by atoms with Crippen molar-refractivity contribution >= 4 is 27.5 Å². The lowest BCUT2D eigenvalue weighted by molar-refractivity contribution is -0.164. The first-order valence-corrected chi connectivity index (χ1v) is 8.89. The van der Waals surface area contributed by atoms with Crippen LogP contribution in [0.25, 0.3) is 10.2 Å². The monoisotopic (exact) mass is 408 g/mol. The first-order chi connectivity index (χ1) is 12.6. The lowest BCUT2D eigenvalue weighted by atomic mass is 10.2. The molecule has 0 saturated heterocycles. The van der Waals surface area contributed by atoms with Crippen LogP contribution in [0.2, 0.25) is 0 Å². The largest absolute Gasteiger partial charge is 0.462 e. The number of halogens is 3. The predicted octanol–water partition coefficient (Wildman–Crippen LogP) is 2.48. The molecule has 0 aliphatic rings. The van der Waals surface area contributed by atoms with Gasteiger partial charge in [0.2, 0.25) is 0 Å². The molecule has 0 aliphatic carbocycles. The van der Waals surface area contributed by atoms with E-state index in [0.717, 1.165) is 22.8 Å². The van der Waals surface area contributed by atoms with Crippen molar-refractivity contribution in [2.75, 3.05) is 20.3 Å². The van der Waals surface area contributed by atoms with Crippen LogP contribution in [0.15, 0.2) is 9.59 Å². The van der Waals surface area contributed by atoms with Crippen LogP contribution < -0.4 is 11.2 Å². The van der Waals surface area contributed by atoms with Gasteiger partial charge < -0.3 is 9.47 Å². The third-order valence-electron chi connectivity index (χ3n) is 4.08. The van der Waals surface area contributed by atoms with Gasteiger partial charge in [0, 0.05) is 7.11 Å². The molecule has 2 aromatic rings. The van der Waals surface area contributed by atoms with Gasteiger partial charge in [-0.25, -0.2) is 14.2 Å². The maximum absolute atomic E-state index is 13.2. The minimum atomic E-state index is -4.79. The number of nitrogens with zero attached hydrogens (tertiary/aromatic N) is 2. The van der Waals surface area contributed by atoms with E-state index in [1.54, 1.807) is 6.92 Å². The number of esters is 1. The Labute approximate surface area is 155 Å². The average Bonchev–Trinajstić information content (AvgIpc) is 2.91. The van der Waals surface area contributed by atoms with E-state index in [2.05, 4.69) is 0 Å². The van der Waals surface area contributed by atoms with Crippen molar-refractivity contribution in [3.8, 4) is 0 Å². The van der Waals surface area contributed by atoms with E-state index in [9.17, 15) is 27.6 Å². The van der Waals surface area contributed by atoms with Crippen molar-refractivity contribution in [1.29, 1.82) is 0 Å². The molecule has 1 atom stereocenters. The number of hydrogen-bond acceptors (Lipinski definition) is 6. The summed E-state index contributed by atoms with van der Waals surface area (Å²) in [5.41, 5.74) is -2.00. The highest BCUT2D eigenvalue weighted by Crippen LogP contribution is 2.31. The molecule has 7 nitrogen and oxygen atoms in total. The van der Waals surface area contributed by atoms with E-state index >= 15 is 0 Å². The number of rotatable bonds is 6. The molecule has 0 aliphatic heterocycles. The van der Waals surface area contributed by atoms with Crippen LogP contribution in [0.4, 0.5) is 13.2 Å². The molecule has 0 amide bonds. The maximum Gasteiger partial charge on any atom is 0.409 e. The van der Waals surface area contributed by atoms with Crippen molar-refractivity contribution in [2.24, 2.45) is 0 Å². The van der Waals surface area contributed by atoms with Crippen LogP contribution in [0, 0.1) is 6.92 Å². The van der Waals surface area contributed by atoms with Gasteiger partial charge in [0.15, 0.2) is 0 Å². The Bertz CT molecular complexity index is 974. The summed E-state index contributed by atoms with van der Waals surface area (Å²) >= 11 is 0.844. The zero-order chi connectivity index (χ0) is 20.5. The number of fused-ring (bicyclic) bond motifs is 1. The molecule has 2 aromatic heterocycles. The van der Waals surface area contributed by atoms with Gasteiger partial charge in [-0.1, -0.05) is 0 Å². The number of hydrogen-bond donors (Lipinski definition) is 0. The topological polar surface area (TPSA) is 79.5 Å². The Morgan fingerprint density at radius 2 is 1.93 bits per heavy atom. The molecule has 0 fully saturated rings. The summed E-state index contributed by atoms with van der Waals surface area (Å²) in [5.74, 6) is -0.697. The first kappa shape index (κ1) is 21.2. The molecule has 0 unspecified atom stereocenters. The summed E-state index contributed by atoms with van der Waals surface area (Å²) in [6.45, 7) is 3.85. The second kappa shape index (κ2) is 7.85. The highest BCUT2D eigenvalue weighted by atomic mass is 32.1. The number of alkyl halides is 3. The van der Waals surface area contributed by atoms with Gasteiger partial charge in [0.25, 0.3) is 5.56 Å². The average molecular weight is 408 g/mol. The summed E-state index contributed by atoms with van der Waals surface area (Å²) in [4.78, 5) is 37.7. The van der Waals surface area contributed by atoms with Crippen LogP contribution in [-0.2, 0) is 16.0 Å². The Kier molecular flexibility index (Phi) is 6.15. The molecule has 0 bridgehead atoms. The highest BCUT2D eigenvalue weighted by molar-refractivity contribution is 7.20. The van der Waals surface area contributed by atoms with Crippen LogP contribution in [0.1, 0.15) is 35.1 Å². The third kappa shape index (κ3) is 3.79. The lowest BCUT2D eigenvalue weighted by Gasteiger charge is -2.19. The van der Waals surface area contributed by atoms with Gasteiger partial charge in [-0.05, 0) is 26.3 Å². The number of thiophene rings is 1. The third-order valence-corrected chi connectivity index (χ3v) is 5.38. The van der Waals surface area contributed by atoms with E-state index in [0.29, 0.717) is 0 Å². The lowest BCUT2D eigenvalue weighted by Crippen LogP contribution is -2.45.